The number of H-pyrrole nitrogens is 2. The molecule has 19 heavy (non-hydrogen) atoms. The molecule has 0 fully saturated rings. The van der Waals surface area contributed by atoms with Gasteiger partial charge in [0.2, 0.25) is 0 Å². The topological polar surface area (TPSA) is 86.0 Å². The summed E-state index contributed by atoms with van der Waals surface area (Å²) in [6.07, 6.45) is 1.22. The van der Waals surface area contributed by atoms with Crippen LogP contribution < -0.4 is 16.1 Å². The van der Waals surface area contributed by atoms with Gasteiger partial charge in [-0.3, -0.25) is 19.5 Å². The normalized spacial score (nSPS) is 17.6. The van der Waals surface area contributed by atoms with Gasteiger partial charge in [-0.1, -0.05) is 18.2 Å². The Balaban J connectivity index is 2.16. The molecule has 2 aromatic rings. The Hall–Kier alpha value is -2.28. The van der Waals surface area contributed by atoms with Gasteiger partial charge in [0.15, 0.2) is 0 Å². The highest BCUT2D eigenvalue weighted by Gasteiger charge is 2.36. The van der Waals surface area contributed by atoms with Gasteiger partial charge in [-0.15, -0.1) is 12.6 Å². The second-order valence-corrected chi connectivity index (χ2v) is 4.58. The fourth-order valence-corrected chi connectivity index (χ4v) is 2.57. The molecule has 1 aliphatic heterocycles. The molecular formula is C12H9N3O3S. The summed E-state index contributed by atoms with van der Waals surface area (Å²) in [6.45, 7) is 0. The molecule has 1 aliphatic rings. The minimum absolute atomic E-state index is 0.0702. The van der Waals surface area contributed by atoms with Crippen LogP contribution in [0.5, 0.6) is 0 Å². The largest absolute Gasteiger partial charge is 0.325 e. The summed E-state index contributed by atoms with van der Waals surface area (Å²) in [5.41, 5.74) is 0.0768. The summed E-state index contributed by atoms with van der Waals surface area (Å²) in [4.78, 5) is 40.7. The fourth-order valence-electron chi connectivity index (χ4n) is 2.12. The first-order chi connectivity index (χ1) is 9.09. The number of fused-ring (bicyclic) bond motifs is 1. The SMILES string of the molecule is O=C1c2ccccc2C(S)N1c1c[nH]c(=O)[nH]c1=O. The van der Waals surface area contributed by atoms with E-state index in [-0.39, 0.29) is 11.6 Å². The maximum Gasteiger partial charge on any atom is 0.325 e. The zero-order valence-electron chi connectivity index (χ0n) is 9.58. The second kappa shape index (κ2) is 4.13. The molecule has 0 spiro atoms. The van der Waals surface area contributed by atoms with Crippen LogP contribution in [-0.2, 0) is 0 Å². The lowest BCUT2D eigenvalue weighted by Crippen LogP contribution is -2.33. The van der Waals surface area contributed by atoms with Crippen molar-refractivity contribution in [2.75, 3.05) is 4.90 Å². The predicted molar refractivity (Wildman–Crippen MR) is 72.7 cm³/mol. The van der Waals surface area contributed by atoms with E-state index in [0.29, 0.717) is 5.56 Å². The van der Waals surface area contributed by atoms with Gasteiger partial charge in [-0.05, 0) is 11.6 Å². The lowest BCUT2D eigenvalue weighted by atomic mass is 10.1. The minimum Gasteiger partial charge on any atom is -0.312 e. The van der Waals surface area contributed by atoms with Crippen LogP contribution in [0.2, 0.25) is 0 Å². The van der Waals surface area contributed by atoms with Gasteiger partial charge >= 0.3 is 5.69 Å². The molecule has 3 rings (SSSR count). The van der Waals surface area contributed by atoms with Crippen molar-refractivity contribution in [3.05, 3.63) is 62.4 Å². The molecule has 2 N–H and O–H groups in total. The molecular weight excluding hydrogens is 266 g/mol. The van der Waals surface area contributed by atoms with Crippen molar-refractivity contribution < 1.29 is 4.79 Å². The molecule has 1 aromatic carbocycles. The number of rotatable bonds is 1. The summed E-state index contributed by atoms with van der Waals surface area (Å²) >= 11 is 4.37. The molecule has 6 nitrogen and oxygen atoms in total. The molecule has 1 unspecified atom stereocenters. The summed E-state index contributed by atoms with van der Waals surface area (Å²) in [5, 5.41) is -0.546. The van der Waals surface area contributed by atoms with Crippen molar-refractivity contribution in [3.8, 4) is 0 Å². The molecule has 0 saturated carbocycles. The number of anilines is 1. The highest BCUT2D eigenvalue weighted by molar-refractivity contribution is 7.80. The van der Waals surface area contributed by atoms with Crippen LogP contribution >= 0.6 is 12.6 Å². The molecule has 0 aliphatic carbocycles. The van der Waals surface area contributed by atoms with Crippen molar-refractivity contribution in [3.63, 3.8) is 0 Å². The summed E-state index contributed by atoms with van der Waals surface area (Å²) in [7, 11) is 0. The Morgan fingerprint density at radius 1 is 1.16 bits per heavy atom. The van der Waals surface area contributed by atoms with Crippen molar-refractivity contribution in [1.29, 1.82) is 0 Å². The van der Waals surface area contributed by atoms with E-state index >= 15 is 0 Å². The van der Waals surface area contributed by atoms with Gasteiger partial charge < -0.3 is 4.98 Å². The number of aromatic amines is 2. The average Bonchev–Trinajstić information content (AvgIpc) is 2.64. The molecule has 1 atom stereocenters. The number of carbonyl (C=O) groups is 1. The third-order valence-electron chi connectivity index (χ3n) is 2.99. The number of aromatic nitrogens is 2. The molecule has 1 aromatic heterocycles. The Bertz CT molecular complexity index is 780. The smallest absolute Gasteiger partial charge is 0.312 e. The van der Waals surface area contributed by atoms with Crippen LogP contribution in [0.15, 0.2) is 40.1 Å². The average molecular weight is 275 g/mol. The third-order valence-corrected chi connectivity index (χ3v) is 3.50. The number of benzene rings is 1. The third kappa shape index (κ3) is 1.70. The molecule has 96 valence electrons. The van der Waals surface area contributed by atoms with Crippen LogP contribution in [0.3, 0.4) is 0 Å². The van der Waals surface area contributed by atoms with Gasteiger partial charge in [-0.25, -0.2) is 4.79 Å². The van der Waals surface area contributed by atoms with Crippen LogP contribution in [0.1, 0.15) is 21.3 Å². The lowest BCUT2D eigenvalue weighted by molar-refractivity contribution is 0.0996. The predicted octanol–water partition coefficient (Wildman–Crippen LogP) is 0.652. The molecule has 0 saturated heterocycles. The van der Waals surface area contributed by atoms with Gasteiger partial charge in [0.25, 0.3) is 11.5 Å². The second-order valence-electron chi connectivity index (χ2n) is 4.09. The van der Waals surface area contributed by atoms with E-state index in [0.717, 1.165) is 5.56 Å². The van der Waals surface area contributed by atoms with Gasteiger partial charge in [0.1, 0.15) is 11.1 Å². The van der Waals surface area contributed by atoms with Crippen molar-refractivity contribution >= 4 is 24.2 Å². The zero-order chi connectivity index (χ0) is 13.6. The molecule has 0 bridgehead atoms. The zero-order valence-corrected chi connectivity index (χ0v) is 10.5. The van der Waals surface area contributed by atoms with E-state index in [1.54, 1.807) is 24.3 Å². The Morgan fingerprint density at radius 3 is 2.58 bits per heavy atom. The van der Waals surface area contributed by atoms with E-state index in [9.17, 15) is 14.4 Å². The van der Waals surface area contributed by atoms with E-state index in [1.807, 2.05) is 0 Å². The van der Waals surface area contributed by atoms with Gasteiger partial charge in [0.05, 0.1) is 0 Å². The quantitative estimate of drug-likeness (QED) is 0.668. The summed E-state index contributed by atoms with van der Waals surface area (Å²) in [6, 6.07) is 7.01. The van der Waals surface area contributed by atoms with Crippen molar-refractivity contribution in [2.45, 2.75) is 5.37 Å². The van der Waals surface area contributed by atoms with E-state index in [4.69, 9.17) is 0 Å². The molecule has 0 radical (unpaired) electrons. The Morgan fingerprint density at radius 2 is 1.89 bits per heavy atom. The lowest BCUT2D eigenvalue weighted by Gasteiger charge is -2.19. The van der Waals surface area contributed by atoms with Gasteiger partial charge in [0, 0.05) is 11.8 Å². The number of nitrogens with one attached hydrogen (secondary N) is 2. The monoisotopic (exact) mass is 275 g/mol. The first-order valence-electron chi connectivity index (χ1n) is 5.52. The minimum atomic E-state index is -0.621. The highest BCUT2D eigenvalue weighted by Crippen LogP contribution is 2.37. The van der Waals surface area contributed by atoms with E-state index in [1.165, 1.54) is 11.1 Å². The van der Waals surface area contributed by atoms with Crippen molar-refractivity contribution in [2.24, 2.45) is 0 Å². The summed E-state index contributed by atoms with van der Waals surface area (Å²) in [5.74, 6) is -0.312. The number of hydrogen-bond donors (Lipinski definition) is 3. The maximum absolute atomic E-state index is 12.3. The first-order valence-corrected chi connectivity index (χ1v) is 6.04. The highest BCUT2D eigenvalue weighted by atomic mass is 32.1. The van der Waals surface area contributed by atoms with E-state index < -0.39 is 16.6 Å². The van der Waals surface area contributed by atoms with Crippen molar-refractivity contribution in [1.82, 2.24) is 9.97 Å². The Labute approximate surface area is 112 Å². The van der Waals surface area contributed by atoms with Crippen LogP contribution in [0.25, 0.3) is 0 Å². The number of amides is 1. The Kier molecular flexibility index (Phi) is 2.56. The summed E-state index contributed by atoms with van der Waals surface area (Å²) < 4.78 is 0. The molecule has 1 amide bonds. The van der Waals surface area contributed by atoms with Crippen LogP contribution in [0, 0.1) is 0 Å². The maximum atomic E-state index is 12.3. The van der Waals surface area contributed by atoms with E-state index in [2.05, 4.69) is 22.6 Å². The number of thiol groups is 1. The number of hydrogen-bond acceptors (Lipinski definition) is 4. The van der Waals surface area contributed by atoms with Crippen LogP contribution in [-0.4, -0.2) is 15.9 Å². The van der Waals surface area contributed by atoms with Crippen LogP contribution in [0.4, 0.5) is 5.69 Å². The molecule has 2 heterocycles. The standard InChI is InChI=1S/C12H9N3O3S/c16-9-8(5-13-12(18)14-9)15-10(17)6-3-1-2-4-7(6)11(15)19/h1-5,11,19H,(H2,13,14,16,18). The number of carbonyl (C=O) groups excluding carboxylic acids is 1. The van der Waals surface area contributed by atoms with Gasteiger partial charge in [-0.2, -0.15) is 0 Å². The molecule has 7 heteroatoms. The fraction of sp³-hybridized carbons (Fsp3) is 0.0833. The number of nitrogens with zero attached hydrogens (tertiary/aromatic N) is 1. The first kappa shape index (κ1) is 11.8.